The maximum Gasteiger partial charge on any atom is 0.278 e. The number of rotatable bonds is 6. The molecule has 0 N–H and O–H groups in total. The average Bonchev–Trinajstić information content (AvgIpc) is 3.07. The third-order valence-corrected chi connectivity index (χ3v) is 5.90. The Morgan fingerprint density at radius 2 is 1.79 bits per heavy atom. The molecular weight excluding hydrogens is 385 g/mol. The lowest BCUT2D eigenvalue weighted by Gasteiger charge is -2.12. The maximum absolute atomic E-state index is 13.3. The van der Waals surface area contributed by atoms with Crippen molar-refractivity contribution in [1.29, 1.82) is 0 Å². The monoisotopic (exact) mass is 407 g/mol. The Balaban J connectivity index is 1.82. The van der Waals surface area contributed by atoms with Gasteiger partial charge in [0.1, 0.15) is 16.9 Å². The molecule has 0 aliphatic carbocycles. The molecule has 0 saturated heterocycles. The molecule has 0 radical (unpaired) electrons. The first-order chi connectivity index (χ1) is 14.1. The Hall–Kier alpha value is -2.86. The number of aryl methyl sites for hydroxylation is 1. The Bertz CT molecular complexity index is 1200. The fourth-order valence-corrected chi connectivity index (χ4v) is 4.41. The number of hydrogen-bond donors (Lipinski definition) is 0. The molecule has 0 amide bonds. The molecule has 0 bridgehead atoms. The molecule has 4 aromatic rings. The molecule has 2 aromatic carbocycles. The van der Waals surface area contributed by atoms with Gasteiger partial charge in [-0.15, -0.1) is 0 Å². The summed E-state index contributed by atoms with van der Waals surface area (Å²) in [7, 11) is 1.89. The van der Waals surface area contributed by atoms with Crippen molar-refractivity contribution >= 4 is 22.8 Å². The second-order valence-corrected chi connectivity index (χ2v) is 7.93. The van der Waals surface area contributed by atoms with Gasteiger partial charge in [-0.2, -0.15) is 0 Å². The standard InChI is InChI=1S/C23H22FN3OS/c1-3-13-27-22(28)21-20(19(14-26(21)2)17-7-5-4-6-8-17)25-23(27)29-15-16-9-11-18(24)12-10-16/h4-12,14H,3,13,15H2,1-2H3. The van der Waals surface area contributed by atoms with Gasteiger partial charge < -0.3 is 4.57 Å². The summed E-state index contributed by atoms with van der Waals surface area (Å²) < 4.78 is 16.8. The van der Waals surface area contributed by atoms with Gasteiger partial charge in [0.05, 0.1) is 0 Å². The van der Waals surface area contributed by atoms with Gasteiger partial charge in [-0.05, 0) is 29.7 Å². The molecule has 0 aliphatic heterocycles. The second-order valence-electron chi connectivity index (χ2n) is 6.98. The molecule has 0 atom stereocenters. The van der Waals surface area contributed by atoms with Crippen molar-refractivity contribution < 1.29 is 4.39 Å². The van der Waals surface area contributed by atoms with Crippen LogP contribution in [0.4, 0.5) is 4.39 Å². The molecule has 4 nitrogen and oxygen atoms in total. The van der Waals surface area contributed by atoms with Crippen molar-refractivity contribution in [2.24, 2.45) is 7.05 Å². The highest BCUT2D eigenvalue weighted by atomic mass is 32.2. The van der Waals surface area contributed by atoms with Gasteiger partial charge in [-0.25, -0.2) is 9.37 Å². The van der Waals surface area contributed by atoms with Gasteiger partial charge in [0.15, 0.2) is 5.16 Å². The molecule has 4 rings (SSSR count). The Kier molecular flexibility index (Phi) is 5.53. The van der Waals surface area contributed by atoms with Crippen molar-refractivity contribution in [2.45, 2.75) is 30.8 Å². The number of thioether (sulfide) groups is 1. The van der Waals surface area contributed by atoms with E-state index in [1.54, 1.807) is 16.7 Å². The number of hydrogen-bond acceptors (Lipinski definition) is 3. The van der Waals surface area contributed by atoms with Crippen LogP contribution in [0.3, 0.4) is 0 Å². The minimum Gasteiger partial charge on any atom is -0.344 e. The van der Waals surface area contributed by atoms with Crippen LogP contribution in [0.5, 0.6) is 0 Å². The van der Waals surface area contributed by atoms with Gasteiger partial charge in [0.2, 0.25) is 0 Å². The zero-order valence-corrected chi connectivity index (χ0v) is 17.2. The Morgan fingerprint density at radius 3 is 2.48 bits per heavy atom. The number of aromatic nitrogens is 3. The molecule has 6 heteroatoms. The largest absolute Gasteiger partial charge is 0.344 e. The van der Waals surface area contributed by atoms with E-state index in [1.807, 2.05) is 55.1 Å². The van der Waals surface area contributed by atoms with Crippen LogP contribution in [0.1, 0.15) is 18.9 Å². The zero-order valence-electron chi connectivity index (χ0n) is 16.4. The predicted octanol–water partition coefficient (Wildman–Crippen LogP) is 5.24. The molecule has 29 heavy (non-hydrogen) atoms. The van der Waals surface area contributed by atoms with Crippen molar-refractivity contribution in [1.82, 2.24) is 14.1 Å². The van der Waals surface area contributed by atoms with Crippen molar-refractivity contribution in [3.05, 3.63) is 82.5 Å². The van der Waals surface area contributed by atoms with E-state index in [0.717, 1.165) is 28.6 Å². The summed E-state index contributed by atoms with van der Waals surface area (Å²) in [6.45, 7) is 2.66. The highest BCUT2D eigenvalue weighted by Crippen LogP contribution is 2.30. The first kappa shape index (κ1) is 19.5. The lowest BCUT2D eigenvalue weighted by molar-refractivity contribution is 0.582. The van der Waals surface area contributed by atoms with E-state index in [1.165, 1.54) is 23.9 Å². The van der Waals surface area contributed by atoms with Crippen molar-refractivity contribution in [2.75, 3.05) is 0 Å². The van der Waals surface area contributed by atoms with E-state index >= 15 is 0 Å². The van der Waals surface area contributed by atoms with Crippen LogP contribution < -0.4 is 5.56 Å². The molecule has 0 aliphatic rings. The van der Waals surface area contributed by atoms with E-state index in [0.29, 0.717) is 23.0 Å². The Labute approximate surface area is 173 Å². The highest BCUT2D eigenvalue weighted by molar-refractivity contribution is 7.98. The summed E-state index contributed by atoms with van der Waals surface area (Å²) in [5.41, 5.74) is 4.29. The van der Waals surface area contributed by atoms with Gasteiger partial charge in [0, 0.05) is 31.1 Å². The minimum absolute atomic E-state index is 0.0249. The quantitative estimate of drug-likeness (QED) is 0.324. The predicted molar refractivity (Wildman–Crippen MR) is 117 cm³/mol. The zero-order chi connectivity index (χ0) is 20.4. The van der Waals surface area contributed by atoms with E-state index in [-0.39, 0.29) is 11.4 Å². The van der Waals surface area contributed by atoms with Crippen LogP contribution in [0, 0.1) is 5.82 Å². The minimum atomic E-state index is -0.252. The fraction of sp³-hybridized carbons (Fsp3) is 0.217. The SMILES string of the molecule is CCCn1c(SCc2ccc(F)cc2)nc2c(-c3ccccc3)cn(C)c2c1=O. The molecular formula is C23H22FN3OS. The van der Waals surface area contributed by atoms with E-state index < -0.39 is 0 Å². The van der Waals surface area contributed by atoms with Gasteiger partial charge in [0.25, 0.3) is 5.56 Å². The van der Waals surface area contributed by atoms with Gasteiger partial charge in [-0.3, -0.25) is 9.36 Å². The summed E-state index contributed by atoms with van der Waals surface area (Å²) in [5, 5.41) is 0.692. The summed E-state index contributed by atoms with van der Waals surface area (Å²) in [6, 6.07) is 16.4. The first-order valence-corrected chi connectivity index (χ1v) is 10.6. The van der Waals surface area contributed by atoms with Crippen LogP contribution in [0.15, 0.2) is 70.7 Å². The van der Waals surface area contributed by atoms with E-state index in [2.05, 4.69) is 0 Å². The summed E-state index contributed by atoms with van der Waals surface area (Å²) in [4.78, 5) is 18.2. The normalized spacial score (nSPS) is 11.3. The first-order valence-electron chi connectivity index (χ1n) is 9.61. The third-order valence-electron chi connectivity index (χ3n) is 4.85. The molecule has 0 unspecified atom stereocenters. The molecule has 0 saturated carbocycles. The Morgan fingerprint density at radius 1 is 1.07 bits per heavy atom. The van der Waals surface area contributed by atoms with Crippen LogP contribution in [0.25, 0.3) is 22.2 Å². The fourth-order valence-electron chi connectivity index (χ4n) is 3.44. The topological polar surface area (TPSA) is 39.8 Å². The number of nitrogens with zero attached hydrogens (tertiary/aromatic N) is 3. The molecule has 148 valence electrons. The van der Waals surface area contributed by atoms with Crippen LogP contribution in [0.2, 0.25) is 0 Å². The smallest absolute Gasteiger partial charge is 0.278 e. The lowest BCUT2D eigenvalue weighted by Crippen LogP contribution is -2.24. The summed E-state index contributed by atoms with van der Waals surface area (Å²) in [5.74, 6) is 0.369. The molecule has 2 aromatic heterocycles. The molecule has 2 heterocycles. The number of benzene rings is 2. The van der Waals surface area contributed by atoms with Crippen LogP contribution in [-0.2, 0) is 19.3 Å². The van der Waals surface area contributed by atoms with E-state index in [4.69, 9.17) is 4.98 Å². The van der Waals surface area contributed by atoms with E-state index in [9.17, 15) is 9.18 Å². The summed E-state index contributed by atoms with van der Waals surface area (Å²) in [6.07, 6.45) is 2.81. The van der Waals surface area contributed by atoms with Gasteiger partial charge in [-0.1, -0.05) is 61.2 Å². The number of fused-ring (bicyclic) bond motifs is 1. The van der Waals surface area contributed by atoms with Crippen LogP contribution in [-0.4, -0.2) is 14.1 Å². The summed E-state index contributed by atoms with van der Waals surface area (Å²) >= 11 is 1.51. The van der Waals surface area contributed by atoms with Crippen molar-refractivity contribution in [3.8, 4) is 11.1 Å². The maximum atomic E-state index is 13.3. The molecule has 0 spiro atoms. The number of halogens is 1. The van der Waals surface area contributed by atoms with Gasteiger partial charge >= 0.3 is 0 Å². The molecule has 0 fully saturated rings. The third kappa shape index (κ3) is 3.85. The average molecular weight is 408 g/mol. The lowest BCUT2D eigenvalue weighted by atomic mass is 10.1. The van der Waals surface area contributed by atoms with Crippen LogP contribution >= 0.6 is 11.8 Å². The highest BCUT2D eigenvalue weighted by Gasteiger charge is 2.18. The van der Waals surface area contributed by atoms with Crippen molar-refractivity contribution in [3.63, 3.8) is 0 Å². The second kappa shape index (κ2) is 8.25.